The lowest BCUT2D eigenvalue weighted by molar-refractivity contribution is 0.0901. The zero-order valence-corrected chi connectivity index (χ0v) is 7.58. The third-order valence-electron chi connectivity index (χ3n) is 2.37. The van der Waals surface area contributed by atoms with E-state index >= 15 is 0 Å². The molecule has 69 valence electrons. The lowest BCUT2D eigenvalue weighted by atomic mass is 10.0. The molecule has 3 heteroatoms. The van der Waals surface area contributed by atoms with Gasteiger partial charge in [-0.15, -0.1) is 0 Å². The number of ether oxygens (including phenoxy) is 1. The van der Waals surface area contributed by atoms with Gasteiger partial charge in [-0.3, -0.25) is 0 Å². The van der Waals surface area contributed by atoms with Crippen LogP contribution in [0.2, 0.25) is 0 Å². The molecular weight excluding hydrogens is 154 g/mol. The molecule has 1 aliphatic heterocycles. The lowest BCUT2D eigenvalue weighted by Gasteiger charge is -2.33. The van der Waals surface area contributed by atoms with E-state index in [9.17, 15) is 4.79 Å². The van der Waals surface area contributed by atoms with E-state index in [2.05, 4.69) is 11.7 Å². The van der Waals surface area contributed by atoms with Gasteiger partial charge in [0.1, 0.15) is 0 Å². The number of rotatable bonds is 1. The number of carbonyl (C=O) groups is 1. The van der Waals surface area contributed by atoms with Gasteiger partial charge in [0.15, 0.2) is 0 Å². The molecule has 1 amide bonds. The van der Waals surface area contributed by atoms with E-state index in [0.717, 1.165) is 25.8 Å². The van der Waals surface area contributed by atoms with Gasteiger partial charge in [-0.05, 0) is 25.7 Å². The van der Waals surface area contributed by atoms with Gasteiger partial charge < -0.3 is 9.64 Å². The third-order valence-corrected chi connectivity index (χ3v) is 2.37. The Morgan fingerprint density at radius 1 is 1.67 bits per heavy atom. The highest BCUT2D eigenvalue weighted by atomic mass is 16.5. The minimum absolute atomic E-state index is 0.205. The van der Waals surface area contributed by atoms with Crippen LogP contribution in [0.3, 0.4) is 0 Å². The highest BCUT2D eigenvalue weighted by Gasteiger charge is 2.25. The van der Waals surface area contributed by atoms with Gasteiger partial charge in [-0.1, -0.05) is 6.92 Å². The van der Waals surface area contributed by atoms with Crippen LogP contribution < -0.4 is 0 Å². The molecule has 1 rings (SSSR count). The maximum absolute atomic E-state index is 11.2. The summed E-state index contributed by atoms with van der Waals surface area (Å²) in [5.74, 6) is 0. The minimum Gasteiger partial charge on any atom is -0.453 e. The van der Waals surface area contributed by atoms with Crippen LogP contribution in [0.25, 0.3) is 0 Å². The number of carbonyl (C=O) groups excluding carboxylic acids is 1. The van der Waals surface area contributed by atoms with E-state index in [1.54, 1.807) is 4.90 Å². The molecule has 1 unspecified atom stereocenters. The molecule has 1 radical (unpaired) electrons. The first-order chi connectivity index (χ1) is 5.79. The molecule has 3 nitrogen and oxygen atoms in total. The second-order valence-electron chi connectivity index (χ2n) is 3.10. The summed E-state index contributed by atoms with van der Waals surface area (Å²) in [5.41, 5.74) is 0. The summed E-state index contributed by atoms with van der Waals surface area (Å²) in [6.07, 6.45) is 3.94. The van der Waals surface area contributed by atoms with E-state index < -0.39 is 0 Å². The minimum atomic E-state index is -0.205. The van der Waals surface area contributed by atoms with Crippen LogP contribution in [0, 0.1) is 6.92 Å². The van der Waals surface area contributed by atoms with Crippen molar-refractivity contribution < 1.29 is 9.53 Å². The Hall–Kier alpha value is -0.730. The molecule has 1 atom stereocenters. The fraction of sp³-hybridized carbons (Fsp3) is 0.778. The summed E-state index contributed by atoms with van der Waals surface area (Å²) >= 11 is 0. The molecule has 0 aliphatic carbocycles. The Labute approximate surface area is 73.7 Å². The molecule has 0 aromatic rings. The molecule has 1 heterocycles. The van der Waals surface area contributed by atoms with E-state index in [4.69, 9.17) is 0 Å². The first kappa shape index (κ1) is 9.36. The number of hydrogen-bond acceptors (Lipinski definition) is 2. The van der Waals surface area contributed by atoms with Gasteiger partial charge >= 0.3 is 6.09 Å². The van der Waals surface area contributed by atoms with Gasteiger partial charge in [0.2, 0.25) is 0 Å². The summed E-state index contributed by atoms with van der Waals surface area (Å²) in [4.78, 5) is 13.0. The normalized spacial score (nSPS) is 23.8. The van der Waals surface area contributed by atoms with Crippen LogP contribution in [0.4, 0.5) is 4.79 Å². The largest absolute Gasteiger partial charge is 0.453 e. The summed E-state index contributed by atoms with van der Waals surface area (Å²) in [6.45, 7) is 4.65. The van der Waals surface area contributed by atoms with Crippen molar-refractivity contribution in [1.29, 1.82) is 0 Å². The molecule has 0 bridgehead atoms. The predicted octanol–water partition coefficient (Wildman–Crippen LogP) is 1.83. The molecule has 0 N–H and O–H groups in total. The fourth-order valence-electron chi connectivity index (χ4n) is 1.66. The highest BCUT2D eigenvalue weighted by molar-refractivity contribution is 5.67. The molecular formula is C9H16NO2. The fourth-order valence-corrected chi connectivity index (χ4v) is 1.66. The maximum atomic E-state index is 11.2. The molecule has 1 fully saturated rings. The molecule has 0 aromatic heterocycles. The van der Waals surface area contributed by atoms with Crippen LogP contribution in [-0.4, -0.2) is 30.7 Å². The van der Waals surface area contributed by atoms with Crippen molar-refractivity contribution in [3.63, 3.8) is 0 Å². The van der Waals surface area contributed by atoms with Gasteiger partial charge in [-0.25, -0.2) is 4.79 Å². The van der Waals surface area contributed by atoms with Crippen molar-refractivity contribution in [2.75, 3.05) is 13.7 Å². The number of piperidine rings is 1. The first-order valence-corrected chi connectivity index (χ1v) is 4.43. The number of likely N-dealkylation sites (tertiary alicyclic amines) is 1. The number of hydrogen-bond donors (Lipinski definition) is 0. The summed E-state index contributed by atoms with van der Waals surface area (Å²) in [6, 6.07) is 0.297. The van der Waals surface area contributed by atoms with E-state index in [1.807, 2.05) is 0 Å². The SMILES string of the molecule is [CH2]CC1CCCCN1C(=O)OC. The molecule has 0 spiro atoms. The quantitative estimate of drug-likeness (QED) is 0.601. The van der Waals surface area contributed by atoms with Crippen molar-refractivity contribution in [3.8, 4) is 0 Å². The van der Waals surface area contributed by atoms with Crippen LogP contribution in [0.5, 0.6) is 0 Å². The smallest absolute Gasteiger partial charge is 0.409 e. The summed E-state index contributed by atoms with van der Waals surface area (Å²) < 4.78 is 4.68. The Bertz CT molecular complexity index is 159. The second kappa shape index (κ2) is 4.33. The van der Waals surface area contributed by atoms with Crippen molar-refractivity contribution in [2.24, 2.45) is 0 Å². The topological polar surface area (TPSA) is 29.5 Å². The van der Waals surface area contributed by atoms with Crippen molar-refractivity contribution in [3.05, 3.63) is 6.92 Å². The van der Waals surface area contributed by atoms with Crippen LogP contribution >= 0.6 is 0 Å². The van der Waals surface area contributed by atoms with Gasteiger partial charge in [0.25, 0.3) is 0 Å². The summed E-state index contributed by atoms with van der Waals surface area (Å²) in [7, 11) is 1.43. The Morgan fingerprint density at radius 3 is 3.00 bits per heavy atom. The van der Waals surface area contributed by atoms with E-state index in [1.165, 1.54) is 13.5 Å². The molecule has 12 heavy (non-hydrogen) atoms. The lowest BCUT2D eigenvalue weighted by Crippen LogP contribution is -2.43. The zero-order chi connectivity index (χ0) is 8.97. The van der Waals surface area contributed by atoms with E-state index in [0.29, 0.717) is 6.04 Å². The second-order valence-corrected chi connectivity index (χ2v) is 3.10. The maximum Gasteiger partial charge on any atom is 0.409 e. The Morgan fingerprint density at radius 2 is 2.42 bits per heavy atom. The zero-order valence-electron chi connectivity index (χ0n) is 7.58. The molecule has 0 aromatic carbocycles. The average Bonchev–Trinajstić information content (AvgIpc) is 2.16. The highest BCUT2D eigenvalue weighted by Crippen LogP contribution is 2.19. The first-order valence-electron chi connectivity index (χ1n) is 4.43. The number of amides is 1. The Kier molecular flexibility index (Phi) is 3.38. The van der Waals surface area contributed by atoms with E-state index in [-0.39, 0.29) is 6.09 Å². The summed E-state index contributed by atoms with van der Waals surface area (Å²) in [5, 5.41) is 0. The van der Waals surface area contributed by atoms with Gasteiger partial charge in [-0.2, -0.15) is 0 Å². The molecule has 1 aliphatic rings. The van der Waals surface area contributed by atoms with Crippen LogP contribution in [0.15, 0.2) is 0 Å². The monoisotopic (exact) mass is 170 g/mol. The van der Waals surface area contributed by atoms with Crippen molar-refractivity contribution in [1.82, 2.24) is 4.90 Å². The predicted molar refractivity (Wildman–Crippen MR) is 46.7 cm³/mol. The van der Waals surface area contributed by atoms with Crippen molar-refractivity contribution >= 4 is 6.09 Å². The van der Waals surface area contributed by atoms with Crippen LogP contribution in [-0.2, 0) is 4.74 Å². The van der Waals surface area contributed by atoms with Crippen molar-refractivity contribution in [2.45, 2.75) is 31.7 Å². The van der Waals surface area contributed by atoms with Crippen LogP contribution in [0.1, 0.15) is 25.7 Å². The molecule has 1 saturated heterocycles. The van der Waals surface area contributed by atoms with Gasteiger partial charge in [0.05, 0.1) is 7.11 Å². The third kappa shape index (κ3) is 1.90. The Balaban J connectivity index is 2.52. The van der Waals surface area contributed by atoms with Gasteiger partial charge in [0, 0.05) is 12.6 Å². The standard InChI is InChI=1S/C9H16NO2/c1-3-8-6-4-5-7-10(8)9(11)12-2/h8H,1,3-7H2,2H3. The molecule has 0 saturated carbocycles. The average molecular weight is 170 g/mol. The number of methoxy groups -OCH3 is 1. The number of nitrogens with zero attached hydrogens (tertiary/aromatic N) is 1.